The maximum Gasteiger partial charge on any atom is 0.159 e. The number of benzene rings is 1. The molecule has 0 aromatic heterocycles. The molecule has 5 atom stereocenters. The topological polar surface area (TPSA) is 99.0 Å². The molecule has 0 bridgehead atoms. The average molecular weight is 281 g/mol. The number of ether oxygens (including phenoxy) is 1. The van der Waals surface area contributed by atoms with Crippen LogP contribution < -0.4 is 5.32 Å². The van der Waals surface area contributed by atoms with Gasteiger partial charge in [0.05, 0.1) is 6.10 Å². The van der Waals surface area contributed by atoms with Crippen molar-refractivity contribution in [2.75, 3.05) is 5.32 Å². The largest absolute Gasteiger partial charge is 0.388 e. The van der Waals surface area contributed by atoms with E-state index >= 15 is 0 Å². The highest BCUT2D eigenvalue weighted by Crippen LogP contribution is 2.22. The van der Waals surface area contributed by atoms with E-state index in [-0.39, 0.29) is 5.78 Å². The second-order valence-electron chi connectivity index (χ2n) is 5.01. The molecule has 1 fully saturated rings. The normalized spacial score (nSPS) is 33.8. The lowest BCUT2D eigenvalue weighted by molar-refractivity contribution is -0.209. The second kappa shape index (κ2) is 5.88. The number of rotatable bonds is 3. The molecular formula is C14H19NO5. The van der Waals surface area contributed by atoms with E-state index < -0.39 is 30.6 Å². The third-order valence-corrected chi connectivity index (χ3v) is 3.45. The van der Waals surface area contributed by atoms with Crippen molar-refractivity contribution < 1.29 is 24.9 Å². The summed E-state index contributed by atoms with van der Waals surface area (Å²) in [4.78, 5) is 11.2. The molecule has 1 aliphatic rings. The molecule has 0 spiro atoms. The smallest absolute Gasteiger partial charge is 0.159 e. The second-order valence-corrected chi connectivity index (χ2v) is 5.01. The van der Waals surface area contributed by atoms with Crippen molar-refractivity contribution in [1.29, 1.82) is 0 Å². The molecule has 1 saturated heterocycles. The Labute approximate surface area is 117 Å². The van der Waals surface area contributed by atoms with E-state index in [1.165, 1.54) is 6.92 Å². The van der Waals surface area contributed by atoms with Crippen molar-refractivity contribution in [3.63, 3.8) is 0 Å². The minimum Gasteiger partial charge on any atom is -0.388 e. The quantitative estimate of drug-likeness (QED) is 0.588. The monoisotopic (exact) mass is 281 g/mol. The van der Waals surface area contributed by atoms with Crippen LogP contribution in [-0.2, 0) is 4.74 Å². The zero-order valence-electron chi connectivity index (χ0n) is 11.4. The van der Waals surface area contributed by atoms with Gasteiger partial charge in [-0.15, -0.1) is 0 Å². The van der Waals surface area contributed by atoms with E-state index in [9.17, 15) is 20.1 Å². The van der Waals surface area contributed by atoms with Gasteiger partial charge in [-0.2, -0.15) is 0 Å². The van der Waals surface area contributed by atoms with E-state index in [1.54, 1.807) is 31.2 Å². The summed E-state index contributed by atoms with van der Waals surface area (Å²) in [5.41, 5.74) is 1.24. The molecule has 0 amide bonds. The van der Waals surface area contributed by atoms with Gasteiger partial charge in [-0.3, -0.25) is 4.79 Å². The number of carbonyl (C=O) groups excluding carboxylic acids is 1. The van der Waals surface area contributed by atoms with Gasteiger partial charge in [-0.25, -0.2) is 0 Å². The van der Waals surface area contributed by atoms with Gasteiger partial charge in [-0.1, -0.05) is 0 Å². The first-order valence-electron chi connectivity index (χ1n) is 6.47. The number of nitrogens with one attached hydrogen (secondary N) is 1. The number of hydrogen-bond acceptors (Lipinski definition) is 6. The maximum absolute atomic E-state index is 11.2. The SMILES string of the molecule is CC(=O)c1ccc(N[C@@H]2O[C@H](C)[C@H](O)[C@@H](O)[C@H]2O)cc1. The number of carbonyl (C=O) groups is 1. The molecule has 1 aromatic carbocycles. The number of anilines is 1. The lowest BCUT2D eigenvalue weighted by Crippen LogP contribution is -2.58. The summed E-state index contributed by atoms with van der Waals surface area (Å²) in [5.74, 6) is -0.0299. The molecule has 20 heavy (non-hydrogen) atoms. The molecule has 0 unspecified atom stereocenters. The third kappa shape index (κ3) is 2.99. The van der Waals surface area contributed by atoms with E-state index in [1.807, 2.05) is 0 Å². The van der Waals surface area contributed by atoms with Gasteiger partial charge < -0.3 is 25.4 Å². The summed E-state index contributed by atoms with van der Waals surface area (Å²) in [6.45, 7) is 3.10. The molecule has 1 aromatic rings. The molecule has 6 nitrogen and oxygen atoms in total. The van der Waals surface area contributed by atoms with Crippen LogP contribution in [-0.4, -0.2) is 51.7 Å². The first-order chi connectivity index (χ1) is 9.40. The standard InChI is InChI=1S/C14H19NO5/c1-7(16)9-3-5-10(6-4-9)15-14-13(19)12(18)11(17)8(2)20-14/h3-6,8,11-15,17-19H,1-2H3/t8-,11+,12-,13-,14-/m1/s1. The van der Waals surface area contributed by atoms with Gasteiger partial charge in [0.1, 0.15) is 18.3 Å². The molecule has 1 aliphatic heterocycles. The predicted molar refractivity (Wildman–Crippen MR) is 72.4 cm³/mol. The lowest BCUT2D eigenvalue weighted by Gasteiger charge is -2.39. The zero-order chi connectivity index (χ0) is 14.9. The van der Waals surface area contributed by atoms with Gasteiger partial charge in [-0.05, 0) is 38.1 Å². The first kappa shape index (κ1) is 14.9. The Morgan fingerprint density at radius 2 is 1.70 bits per heavy atom. The molecular weight excluding hydrogens is 262 g/mol. The highest BCUT2D eigenvalue weighted by molar-refractivity contribution is 5.94. The van der Waals surface area contributed by atoms with Crippen LogP contribution in [0, 0.1) is 0 Å². The molecule has 0 radical (unpaired) electrons. The van der Waals surface area contributed by atoms with Crippen LogP contribution in [0.25, 0.3) is 0 Å². The van der Waals surface area contributed by atoms with Crippen LogP contribution >= 0.6 is 0 Å². The van der Waals surface area contributed by atoms with Crippen molar-refractivity contribution in [3.05, 3.63) is 29.8 Å². The Balaban J connectivity index is 2.07. The van der Waals surface area contributed by atoms with Crippen LogP contribution in [0.3, 0.4) is 0 Å². The molecule has 2 rings (SSSR count). The number of hydrogen-bond donors (Lipinski definition) is 4. The maximum atomic E-state index is 11.2. The zero-order valence-corrected chi connectivity index (χ0v) is 11.4. The summed E-state index contributed by atoms with van der Waals surface area (Å²) in [6.07, 6.45) is -5.06. The first-order valence-corrected chi connectivity index (χ1v) is 6.47. The summed E-state index contributed by atoms with van der Waals surface area (Å²) < 4.78 is 5.42. The number of aliphatic hydroxyl groups is 3. The number of aliphatic hydroxyl groups excluding tert-OH is 3. The van der Waals surface area contributed by atoms with Crippen LogP contribution in [0.5, 0.6) is 0 Å². The van der Waals surface area contributed by atoms with Gasteiger partial charge in [0.15, 0.2) is 12.0 Å². The fraction of sp³-hybridized carbons (Fsp3) is 0.500. The van der Waals surface area contributed by atoms with Crippen LogP contribution in [0.2, 0.25) is 0 Å². The highest BCUT2D eigenvalue weighted by Gasteiger charge is 2.41. The third-order valence-electron chi connectivity index (χ3n) is 3.45. The average Bonchev–Trinajstić information content (AvgIpc) is 2.43. The minimum absolute atomic E-state index is 0.0299. The van der Waals surface area contributed by atoms with E-state index in [4.69, 9.17) is 4.74 Å². The Morgan fingerprint density at radius 3 is 2.25 bits per heavy atom. The van der Waals surface area contributed by atoms with E-state index in [2.05, 4.69) is 5.32 Å². The summed E-state index contributed by atoms with van der Waals surface area (Å²) in [6, 6.07) is 6.70. The van der Waals surface area contributed by atoms with E-state index in [0.29, 0.717) is 11.3 Å². The van der Waals surface area contributed by atoms with Crippen LogP contribution in [0.15, 0.2) is 24.3 Å². The van der Waals surface area contributed by atoms with Gasteiger partial charge >= 0.3 is 0 Å². The Bertz CT molecular complexity index is 475. The highest BCUT2D eigenvalue weighted by atomic mass is 16.5. The van der Waals surface area contributed by atoms with Crippen LogP contribution in [0.1, 0.15) is 24.2 Å². The Hall–Kier alpha value is -1.47. The van der Waals surface area contributed by atoms with Crippen molar-refractivity contribution in [3.8, 4) is 0 Å². The summed E-state index contributed by atoms with van der Waals surface area (Å²) >= 11 is 0. The van der Waals surface area contributed by atoms with Gasteiger partial charge in [0.2, 0.25) is 0 Å². The fourth-order valence-corrected chi connectivity index (χ4v) is 2.14. The van der Waals surface area contributed by atoms with Crippen molar-refractivity contribution in [2.24, 2.45) is 0 Å². The number of Topliss-reactive ketones (excluding diaryl/α,β-unsaturated/α-hetero) is 1. The fourth-order valence-electron chi connectivity index (χ4n) is 2.14. The van der Waals surface area contributed by atoms with Gasteiger partial charge in [0, 0.05) is 11.3 Å². The van der Waals surface area contributed by atoms with Crippen molar-refractivity contribution in [1.82, 2.24) is 0 Å². The molecule has 4 N–H and O–H groups in total. The van der Waals surface area contributed by atoms with Crippen molar-refractivity contribution >= 4 is 11.5 Å². The van der Waals surface area contributed by atoms with E-state index in [0.717, 1.165) is 0 Å². The summed E-state index contributed by atoms with van der Waals surface area (Å²) in [5, 5.41) is 32.1. The molecule has 6 heteroatoms. The molecule has 110 valence electrons. The lowest BCUT2D eigenvalue weighted by atomic mass is 9.99. The molecule has 0 saturated carbocycles. The molecule has 1 heterocycles. The Morgan fingerprint density at radius 1 is 1.10 bits per heavy atom. The number of ketones is 1. The molecule has 0 aliphatic carbocycles. The Kier molecular flexibility index (Phi) is 4.39. The van der Waals surface area contributed by atoms with Crippen molar-refractivity contribution in [2.45, 2.75) is 44.5 Å². The van der Waals surface area contributed by atoms with Crippen LogP contribution in [0.4, 0.5) is 5.69 Å². The summed E-state index contributed by atoms with van der Waals surface area (Å²) in [7, 11) is 0. The van der Waals surface area contributed by atoms with Gasteiger partial charge in [0.25, 0.3) is 0 Å². The minimum atomic E-state index is -1.27. The predicted octanol–water partition coefficient (Wildman–Crippen LogP) is 0.129.